The predicted octanol–water partition coefficient (Wildman–Crippen LogP) is 2.11. The molecule has 0 aromatic heterocycles. The van der Waals surface area contributed by atoms with E-state index in [-0.39, 0.29) is 29.7 Å². The van der Waals surface area contributed by atoms with Crippen molar-refractivity contribution in [1.29, 1.82) is 0 Å². The van der Waals surface area contributed by atoms with E-state index in [1.54, 1.807) is 16.7 Å². The van der Waals surface area contributed by atoms with E-state index in [4.69, 9.17) is 0 Å². The van der Waals surface area contributed by atoms with Gasteiger partial charge in [-0.15, -0.1) is 0 Å². The Labute approximate surface area is 124 Å². The van der Waals surface area contributed by atoms with Crippen molar-refractivity contribution >= 4 is 23.6 Å². The highest BCUT2D eigenvalue weighted by atomic mass is 32.2. The molecular formula is C15H23NO3S. The van der Waals surface area contributed by atoms with Gasteiger partial charge < -0.3 is 10.0 Å². The SMILES string of the molecule is CCC(CSC)N(C)C(=O)C1C2C=CC(C2)C1C(=O)O. The first kappa shape index (κ1) is 15.4. The molecular weight excluding hydrogens is 274 g/mol. The number of aliphatic carboxylic acids is 1. The molecule has 0 aliphatic heterocycles. The summed E-state index contributed by atoms with van der Waals surface area (Å²) in [5.41, 5.74) is 0. The van der Waals surface area contributed by atoms with Gasteiger partial charge in [0.15, 0.2) is 0 Å². The molecule has 1 fully saturated rings. The highest BCUT2D eigenvalue weighted by Gasteiger charge is 2.52. The summed E-state index contributed by atoms with van der Waals surface area (Å²) < 4.78 is 0. The zero-order valence-electron chi connectivity index (χ0n) is 12.3. The molecule has 1 amide bonds. The maximum absolute atomic E-state index is 12.7. The van der Waals surface area contributed by atoms with Crippen LogP contribution in [0, 0.1) is 23.7 Å². The average Bonchev–Trinajstić information content (AvgIpc) is 3.03. The Morgan fingerprint density at radius 2 is 1.95 bits per heavy atom. The summed E-state index contributed by atoms with van der Waals surface area (Å²) in [6, 6.07) is 0.190. The third-order valence-electron chi connectivity index (χ3n) is 4.76. The number of rotatable bonds is 6. The number of carbonyl (C=O) groups is 2. The van der Waals surface area contributed by atoms with Crippen LogP contribution in [0.5, 0.6) is 0 Å². The van der Waals surface area contributed by atoms with Crippen molar-refractivity contribution in [3.05, 3.63) is 12.2 Å². The number of thioether (sulfide) groups is 1. The van der Waals surface area contributed by atoms with Crippen molar-refractivity contribution in [2.75, 3.05) is 19.1 Å². The third kappa shape index (κ3) is 2.60. The Morgan fingerprint density at radius 3 is 2.45 bits per heavy atom. The number of hydrogen-bond donors (Lipinski definition) is 1. The van der Waals surface area contributed by atoms with Gasteiger partial charge in [0.1, 0.15) is 0 Å². The Balaban J connectivity index is 2.15. The summed E-state index contributed by atoms with van der Waals surface area (Å²) in [6.07, 6.45) is 7.77. The van der Waals surface area contributed by atoms with Crippen molar-refractivity contribution in [3.63, 3.8) is 0 Å². The zero-order chi connectivity index (χ0) is 14.9. The average molecular weight is 297 g/mol. The second-order valence-electron chi connectivity index (χ2n) is 5.80. The molecule has 2 aliphatic carbocycles. The lowest BCUT2D eigenvalue weighted by molar-refractivity contribution is -0.151. The Hall–Kier alpha value is -0.970. The van der Waals surface area contributed by atoms with Crippen LogP contribution in [-0.4, -0.2) is 47.0 Å². The van der Waals surface area contributed by atoms with Crippen LogP contribution in [0.25, 0.3) is 0 Å². The number of carbonyl (C=O) groups excluding carboxylic acids is 1. The minimum atomic E-state index is -0.827. The summed E-state index contributed by atoms with van der Waals surface area (Å²) in [6.45, 7) is 2.07. The molecule has 4 nitrogen and oxygen atoms in total. The molecule has 2 bridgehead atoms. The van der Waals surface area contributed by atoms with Gasteiger partial charge in [-0.1, -0.05) is 19.1 Å². The van der Waals surface area contributed by atoms with E-state index in [0.29, 0.717) is 0 Å². The van der Waals surface area contributed by atoms with Crippen LogP contribution < -0.4 is 0 Å². The molecule has 1 N–H and O–H groups in total. The molecule has 2 rings (SSSR count). The molecule has 112 valence electrons. The second kappa shape index (κ2) is 6.20. The predicted molar refractivity (Wildman–Crippen MR) is 80.6 cm³/mol. The normalized spacial score (nSPS) is 32.4. The van der Waals surface area contributed by atoms with Crippen LogP contribution >= 0.6 is 11.8 Å². The maximum atomic E-state index is 12.7. The van der Waals surface area contributed by atoms with Crippen LogP contribution in [0.3, 0.4) is 0 Å². The fourth-order valence-corrected chi connectivity index (χ4v) is 4.45. The minimum absolute atomic E-state index is 0.00940. The van der Waals surface area contributed by atoms with Gasteiger partial charge in [-0.25, -0.2) is 0 Å². The summed E-state index contributed by atoms with van der Waals surface area (Å²) in [5, 5.41) is 9.43. The highest BCUT2D eigenvalue weighted by molar-refractivity contribution is 7.98. The molecule has 0 heterocycles. The van der Waals surface area contributed by atoms with Gasteiger partial charge in [0.2, 0.25) is 5.91 Å². The number of hydrogen-bond acceptors (Lipinski definition) is 3. The highest BCUT2D eigenvalue weighted by Crippen LogP contribution is 2.48. The summed E-state index contributed by atoms with van der Waals surface area (Å²) in [4.78, 5) is 26.0. The first-order valence-electron chi connectivity index (χ1n) is 7.18. The van der Waals surface area contributed by atoms with Gasteiger partial charge in [0, 0.05) is 18.8 Å². The van der Waals surface area contributed by atoms with Crippen LogP contribution in [-0.2, 0) is 9.59 Å². The molecule has 5 atom stereocenters. The second-order valence-corrected chi connectivity index (χ2v) is 6.72. The number of fused-ring (bicyclic) bond motifs is 2. The van der Waals surface area contributed by atoms with E-state index >= 15 is 0 Å². The monoisotopic (exact) mass is 297 g/mol. The van der Waals surface area contributed by atoms with Crippen molar-refractivity contribution in [2.45, 2.75) is 25.8 Å². The van der Waals surface area contributed by atoms with E-state index in [2.05, 4.69) is 6.92 Å². The molecule has 1 saturated carbocycles. The lowest BCUT2D eigenvalue weighted by atomic mass is 9.82. The Bertz CT molecular complexity index is 423. The molecule has 0 spiro atoms. The number of nitrogens with zero attached hydrogens (tertiary/aromatic N) is 1. The molecule has 0 aromatic rings. The van der Waals surface area contributed by atoms with E-state index < -0.39 is 11.9 Å². The maximum Gasteiger partial charge on any atom is 0.307 e. The van der Waals surface area contributed by atoms with Crippen molar-refractivity contribution in [2.24, 2.45) is 23.7 Å². The molecule has 0 saturated heterocycles. The minimum Gasteiger partial charge on any atom is -0.481 e. The summed E-state index contributed by atoms with van der Waals surface area (Å²) in [7, 11) is 1.82. The number of allylic oxidation sites excluding steroid dienone is 2. The molecule has 0 radical (unpaired) electrons. The van der Waals surface area contributed by atoms with E-state index in [1.807, 2.05) is 25.5 Å². The zero-order valence-corrected chi connectivity index (χ0v) is 13.1. The van der Waals surface area contributed by atoms with Gasteiger partial charge in [0.05, 0.1) is 11.8 Å². The van der Waals surface area contributed by atoms with Gasteiger partial charge in [-0.2, -0.15) is 11.8 Å². The fraction of sp³-hybridized carbons (Fsp3) is 0.733. The standard InChI is InChI=1S/C15H23NO3S/c1-4-11(8-20-3)16(2)14(17)12-9-5-6-10(7-9)13(12)15(18)19/h5-6,9-13H,4,7-8H2,1-3H3,(H,18,19). The first-order valence-corrected chi connectivity index (χ1v) is 8.57. The first-order chi connectivity index (χ1) is 9.51. The molecule has 0 aromatic carbocycles. The van der Waals surface area contributed by atoms with Crippen LogP contribution in [0.1, 0.15) is 19.8 Å². The van der Waals surface area contributed by atoms with Crippen molar-refractivity contribution in [1.82, 2.24) is 4.90 Å². The molecule has 5 heteroatoms. The van der Waals surface area contributed by atoms with Gasteiger partial charge in [-0.3, -0.25) is 9.59 Å². The van der Waals surface area contributed by atoms with E-state index in [1.165, 1.54) is 0 Å². The van der Waals surface area contributed by atoms with Crippen LogP contribution in [0.15, 0.2) is 12.2 Å². The fourth-order valence-electron chi connectivity index (χ4n) is 3.61. The quantitative estimate of drug-likeness (QED) is 0.763. The van der Waals surface area contributed by atoms with E-state index in [9.17, 15) is 14.7 Å². The number of carboxylic acid groups (broad SMARTS) is 1. The largest absolute Gasteiger partial charge is 0.481 e. The molecule has 5 unspecified atom stereocenters. The third-order valence-corrected chi connectivity index (χ3v) is 5.47. The van der Waals surface area contributed by atoms with Crippen LogP contribution in [0.2, 0.25) is 0 Å². The van der Waals surface area contributed by atoms with Gasteiger partial charge >= 0.3 is 5.97 Å². The number of carboxylic acids is 1. The van der Waals surface area contributed by atoms with Crippen LogP contribution in [0.4, 0.5) is 0 Å². The summed E-state index contributed by atoms with van der Waals surface area (Å²) >= 11 is 1.72. The Kier molecular flexibility index (Phi) is 4.78. The van der Waals surface area contributed by atoms with Gasteiger partial charge in [0.25, 0.3) is 0 Å². The topological polar surface area (TPSA) is 57.6 Å². The molecule has 2 aliphatic rings. The van der Waals surface area contributed by atoms with Crippen molar-refractivity contribution in [3.8, 4) is 0 Å². The lowest BCUT2D eigenvalue weighted by Crippen LogP contribution is -2.46. The van der Waals surface area contributed by atoms with Gasteiger partial charge in [-0.05, 0) is 30.9 Å². The van der Waals surface area contributed by atoms with E-state index in [0.717, 1.165) is 18.6 Å². The van der Waals surface area contributed by atoms with Crippen molar-refractivity contribution < 1.29 is 14.7 Å². The lowest BCUT2D eigenvalue weighted by Gasteiger charge is -2.33. The smallest absolute Gasteiger partial charge is 0.307 e. The molecule has 20 heavy (non-hydrogen) atoms. The number of amides is 1. The Morgan fingerprint density at radius 1 is 1.35 bits per heavy atom. The summed E-state index contributed by atoms with van der Waals surface area (Å²) in [5.74, 6) is -0.673.